The van der Waals surface area contributed by atoms with Crippen LogP contribution in [0.4, 0.5) is 5.82 Å². The number of hydrogen-bond donors (Lipinski definition) is 1. The summed E-state index contributed by atoms with van der Waals surface area (Å²) in [5.41, 5.74) is 11.3. The van der Waals surface area contributed by atoms with Gasteiger partial charge in [0, 0.05) is 35.8 Å². The predicted molar refractivity (Wildman–Crippen MR) is 141 cm³/mol. The van der Waals surface area contributed by atoms with Crippen LogP contribution in [-0.4, -0.2) is 55.7 Å². The zero-order chi connectivity index (χ0) is 24.7. The summed E-state index contributed by atoms with van der Waals surface area (Å²) in [6.07, 6.45) is 6.46. The highest BCUT2D eigenvalue weighted by Crippen LogP contribution is 2.35. The molecule has 5 rings (SSSR count). The van der Waals surface area contributed by atoms with Crippen molar-refractivity contribution >= 4 is 49.8 Å². The summed E-state index contributed by atoms with van der Waals surface area (Å²) in [6, 6.07) is 10.1. The quantitative estimate of drug-likeness (QED) is 0.378. The van der Waals surface area contributed by atoms with Gasteiger partial charge < -0.3 is 10.5 Å². The van der Waals surface area contributed by atoms with E-state index in [1.807, 2.05) is 51.2 Å². The van der Waals surface area contributed by atoms with Crippen molar-refractivity contribution in [2.24, 2.45) is 0 Å². The first kappa shape index (κ1) is 23.4. The molecule has 8 nitrogen and oxygen atoms in total. The molecule has 180 valence electrons. The molecule has 0 spiro atoms. The monoisotopic (exact) mass is 534 g/mol. The Morgan fingerprint density at radius 2 is 2.03 bits per heavy atom. The molecule has 0 radical (unpaired) electrons. The number of nitrogens with zero attached hydrogens (tertiary/aromatic N) is 5. The number of nitrogens with two attached hydrogens (primary N) is 1. The smallest absolute Gasteiger partial charge is 0.320 e. The van der Waals surface area contributed by atoms with Crippen molar-refractivity contribution in [3.8, 4) is 11.1 Å². The minimum Gasteiger partial charge on any atom is -0.459 e. The van der Waals surface area contributed by atoms with Gasteiger partial charge >= 0.3 is 5.97 Å². The van der Waals surface area contributed by atoms with Gasteiger partial charge in [0.2, 0.25) is 0 Å². The molecule has 0 atom stereocenters. The van der Waals surface area contributed by atoms with Gasteiger partial charge in [-0.05, 0) is 60.8 Å². The van der Waals surface area contributed by atoms with Crippen LogP contribution in [0.3, 0.4) is 0 Å². The molecule has 0 saturated heterocycles. The van der Waals surface area contributed by atoms with Crippen LogP contribution in [0.15, 0.2) is 53.3 Å². The molecule has 0 saturated carbocycles. The van der Waals surface area contributed by atoms with Gasteiger partial charge in [-0.3, -0.25) is 14.7 Å². The molecule has 4 heterocycles. The molecule has 1 aromatic carbocycles. The summed E-state index contributed by atoms with van der Waals surface area (Å²) in [6.45, 7) is 7.25. The highest BCUT2D eigenvalue weighted by Gasteiger charge is 2.24. The number of para-hydroxylation sites is 1. The molecule has 4 aromatic rings. The third kappa shape index (κ3) is 4.78. The van der Waals surface area contributed by atoms with E-state index in [1.165, 1.54) is 0 Å². The number of carbonyl (C=O) groups is 1. The number of benzene rings is 1. The maximum absolute atomic E-state index is 12.2. The van der Waals surface area contributed by atoms with Crippen LogP contribution in [0.1, 0.15) is 32.9 Å². The Labute approximate surface area is 211 Å². The molecule has 1 aliphatic rings. The van der Waals surface area contributed by atoms with Crippen molar-refractivity contribution < 1.29 is 9.53 Å². The number of anilines is 1. The summed E-state index contributed by atoms with van der Waals surface area (Å²) in [7, 11) is 0. The van der Waals surface area contributed by atoms with Crippen molar-refractivity contribution in [3.05, 3.63) is 59.0 Å². The topological polar surface area (TPSA) is 98.6 Å². The first-order valence-corrected chi connectivity index (χ1v) is 12.3. The second kappa shape index (κ2) is 9.05. The fraction of sp³-hybridized carbons (Fsp3) is 0.308. The fourth-order valence-corrected chi connectivity index (χ4v) is 4.77. The van der Waals surface area contributed by atoms with E-state index >= 15 is 0 Å². The highest BCUT2D eigenvalue weighted by molar-refractivity contribution is 9.10. The lowest BCUT2D eigenvalue weighted by atomic mass is 10.0. The van der Waals surface area contributed by atoms with E-state index in [2.05, 4.69) is 43.1 Å². The Morgan fingerprint density at radius 1 is 1.23 bits per heavy atom. The number of pyridine rings is 1. The molecule has 0 fully saturated rings. The van der Waals surface area contributed by atoms with E-state index in [4.69, 9.17) is 15.5 Å². The van der Waals surface area contributed by atoms with Crippen LogP contribution < -0.4 is 5.73 Å². The maximum atomic E-state index is 12.2. The molecule has 0 aliphatic carbocycles. The molecule has 0 amide bonds. The molecule has 2 N–H and O–H groups in total. The molecule has 35 heavy (non-hydrogen) atoms. The van der Waals surface area contributed by atoms with Gasteiger partial charge in [0.15, 0.2) is 5.65 Å². The van der Waals surface area contributed by atoms with Gasteiger partial charge in [0.25, 0.3) is 0 Å². The first-order valence-electron chi connectivity index (χ1n) is 11.5. The molecular weight excluding hydrogens is 508 g/mol. The second-order valence-electron chi connectivity index (χ2n) is 9.67. The zero-order valence-electron chi connectivity index (χ0n) is 20.0. The molecule has 9 heteroatoms. The summed E-state index contributed by atoms with van der Waals surface area (Å²) >= 11 is 3.63. The Bertz CT molecular complexity index is 1470. The standard InChI is InChI=1S/C26H27BrN6O2/c1-26(2,3)35-21(34)15-32-10-8-16(9-11-32)23-22(27)24(28)33-25(31-23)19(14-30-33)18-12-17-6-4-5-7-20(17)29-13-18/h4-8,12-14H,9-11,15,28H2,1-3H3. The van der Waals surface area contributed by atoms with Crippen molar-refractivity contribution in [2.75, 3.05) is 25.4 Å². The third-order valence-electron chi connectivity index (χ3n) is 5.89. The lowest BCUT2D eigenvalue weighted by Crippen LogP contribution is -2.37. The molecule has 0 bridgehead atoms. The van der Waals surface area contributed by atoms with Crippen molar-refractivity contribution in [1.82, 2.24) is 24.5 Å². The Balaban J connectivity index is 1.46. The van der Waals surface area contributed by atoms with Gasteiger partial charge in [0.05, 0.1) is 28.4 Å². The minimum atomic E-state index is -0.487. The number of aromatic nitrogens is 4. The average molecular weight is 535 g/mol. The Morgan fingerprint density at radius 3 is 2.77 bits per heavy atom. The number of hydrogen-bond acceptors (Lipinski definition) is 7. The normalized spacial score (nSPS) is 14.9. The second-order valence-corrected chi connectivity index (χ2v) is 10.5. The zero-order valence-corrected chi connectivity index (χ0v) is 21.5. The largest absolute Gasteiger partial charge is 0.459 e. The van der Waals surface area contributed by atoms with E-state index in [1.54, 1.807) is 10.7 Å². The summed E-state index contributed by atoms with van der Waals surface area (Å²) < 4.78 is 7.82. The minimum absolute atomic E-state index is 0.216. The average Bonchev–Trinajstić information content (AvgIpc) is 3.24. The SMILES string of the molecule is CC(C)(C)OC(=O)CN1CC=C(c2nc3c(-c4cnc5ccccc5c4)cnn3c(N)c2Br)CC1. The number of rotatable bonds is 4. The van der Waals surface area contributed by atoms with Gasteiger partial charge in [-0.15, -0.1) is 0 Å². The lowest BCUT2D eigenvalue weighted by Gasteiger charge is -2.27. The van der Waals surface area contributed by atoms with Crippen LogP contribution in [-0.2, 0) is 9.53 Å². The van der Waals surface area contributed by atoms with Crippen molar-refractivity contribution in [1.29, 1.82) is 0 Å². The van der Waals surface area contributed by atoms with E-state index in [-0.39, 0.29) is 12.5 Å². The van der Waals surface area contributed by atoms with Gasteiger partial charge in [-0.1, -0.05) is 24.3 Å². The highest BCUT2D eigenvalue weighted by atomic mass is 79.9. The number of halogens is 1. The molecular formula is C26H27BrN6O2. The van der Waals surface area contributed by atoms with Crippen LogP contribution in [0.2, 0.25) is 0 Å². The predicted octanol–water partition coefficient (Wildman–Crippen LogP) is 4.72. The number of ether oxygens (including phenoxy) is 1. The van der Waals surface area contributed by atoms with Crippen LogP contribution >= 0.6 is 15.9 Å². The maximum Gasteiger partial charge on any atom is 0.320 e. The Hall–Kier alpha value is -3.30. The van der Waals surface area contributed by atoms with E-state index in [9.17, 15) is 4.79 Å². The number of nitrogen functional groups attached to an aromatic ring is 1. The fourth-order valence-electron chi connectivity index (χ4n) is 4.26. The lowest BCUT2D eigenvalue weighted by molar-refractivity contribution is -0.156. The van der Waals surface area contributed by atoms with Gasteiger partial charge in [-0.2, -0.15) is 9.61 Å². The van der Waals surface area contributed by atoms with Crippen molar-refractivity contribution in [3.63, 3.8) is 0 Å². The van der Waals surface area contributed by atoms with Gasteiger partial charge in [0.1, 0.15) is 11.4 Å². The molecule has 0 unspecified atom stereocenters. The summed E-state index contributed by atoms with van der Waals surface area (Å²) in [5.74, 6) is 0.272. The number of carbonyl (C=O) groups excluding carboxylic acids is 1. The molecule has 1 aliphatic heterocycles. The Kier molecular flexibility index (Phi) is 6.06. The summed E-state index contributed by atoms with van der Waals surface area (Å²) in [5, 5.41) is 5.54. The van der Waals surface area contributed by atoms with Crippen LogP contribution in [0, 0.1) is 0 Å². The number of fused-ring (bicyclic) bond motifs is 2. The van der Waals surface area contributed by atoms with E-state index in [0.29, 0.717) is 22.5 Å². The van der Waals surface area contributed by atoms with Gasteiger partial charge in [-0.25, -0.2) is 4.98 Å². The van der Waals surface area contributed by atoms with Crippen LogP contribution in [0.5, 0.6) is 0 Å². The summed E-state index contributed by atoms with van der Waals surface area (Å²) in [4.78, 5) is 23.8. The van der Waals surface area contributed by atoms with E-state index in [0.717, 1.165) is 46.3 Å². The van der Waals surface area contributed by atoms with Crippen molar-refractivity contribution in [2.45, 2.75) is 32.8 Å². The molecule has 3 aromatic heterocycles. The third-order valence-corrected chi connectivity index (χ3v) is 6.68. The van der Waals surface area contributed by atoms with Crippen LogP contribution in [0.25, 0.3) is 33.3 Å². The first-order chi connectivity index (χ1) is 16.7. The van der Waals surface area contributed by atoms with E-state index < -0.39 is 5.60 Å². The number of esters is 1.